The van der Waals surface area contributed by atoms with Crippen LogP contribution in [-0.2, 0) is 0 Å². The van der Waals surface area contributed by atoms with E-state index in [-0.39, 0.29) is 5.91 Å². The van der Waals surface area contributed by atoms with Crippen LogP contribution in [0.1, 0.15) is 28.4 Å². The molecule has 0 saturated heterocycles. The molecule has 0 atom stereocenters. The summed E-state index contributed by atoms with van der Waals surface area (Å²) in [6.07, 6.45) is 0. The first-order chi connectivity index (χ1) is 10.0. The third-order valence-electron chi connectivity index (χ3n) is 3.30. The minimum Gasteiger partial charge on any atom is -0.385 e. The maximum absolute atomic E-state index is 12.3. The number of rotatable bonds is 4. The van der Waals surface area contributed by atoms with Gasteiger partial charge in [0.05, 0.1) is 0 Å². The predicted molar refractivity (Wildman–Crippen MR) is 89.5 cm³/mol. The van der Waals surface area contributed by atoms with Gasteiger partial charge in [0.1, 0.15) is 0 Å². The molecule has 2 N–H and O–H groups in total. The lowest BCUT2D eigenvalue weighted by Crippen LogP contribution is -2.13. The Balaban J connectivity index is 2.20. The average Bonchev–Trinajstić information content (AvgIpc) is 2.45. The summed E-state index contributed by atoms with van der Waals surface area (Å²) >= 11 is 5.97. The number of carbonyl (C=O) groups is 1. The first-order valence-electron chi connectivity index (χ1n) is 6.93. The molecule has 0 spiro atoms. The van der Waals surface area contributed by atoms with E-state index < -0.39 is 0 Å². The molecule has 0 heterocycles. The maximum atomic E-state index is 12.3. The number of anilines is 2. The lowest BCUT2D eigenvalue weighted by molar-refractivity contribution is 0.102. The number of amides is 1. The minimum atomic E-state index is -0.133. The van der Waals surface area contributed by atoms with Crippen LogP contribution in [0.5, 0.6) is 0 Å². The summed E-state index contributed by atoms with van der Waals surface area (Å²) < 4.78 is 0. The van der Waals surface area contributed by atoms with Gasteiger partial charge in [-0.05, 0) is 62.2 Å². The third-order valence-corrected chi connectivity index (χ3v) is 3.54. The van der Waals surface area contributed by atoms with E-state index >= 15 is 0 Å². The molecule has 0 aliphatic rings. The molecular formula is C17H19ClN2O. The van der Waals surface area contributed by atoms with E-state index in [2.05, 4.69) is 10.6 Å². The maximum Gasteiger partial charge on any atom is 0.255 e. The molecule has 3 nitrogen and oxygen atoms in total. The molecule has 0 aliphatic heterocycles. The van der Waals surface area contributed by atoms with Gasteiger partial charge in [0.2, 0.25) is 0 Å². The van der Waals surface area contributed by atoms with Crippen molar-refractivity contribution in [1.29, 1.82) is 0 Å². The minimum absolute atomic E-state index is 0.133. The van der Waals surface area contributed by atoms with E-state index in [1.807, 2.05) is 51.1 Å². The summed E-state index contributed by atoms with van der Waals surface area (Å²) in [6, 6.07) is 11.1. The Morgan fingerprint density at radius 1 is 1.05 bits per heavy atom. The Morgan fingerprint density at radius 3 is 2.48 bits per heavy atom. The van der Waals surface area contributed by atoms with Crippen molar-refractivity contribution >= 4 is 28.9 Å². The molecule has 2 rings (SSSR count). The summed E-state index contributed by atoms with van der Waals surface area (Å²) in [5.41, 5.74) is 4.45. The van der Waals surface area contributed by atoms with Crippen molar-refractivity contribution in [2.24, 2.45) is 0 Å². The van der Waals surface area contributed by atoms with Crippen molar-refractivity contribution in [3.05, 3.63) is 58.1 Å². The van der Waals surface area contributed by atoms with E-state index in [1.54, 1.807) is 6.07 Å². The van der Waals surface area contributed by atoms with Gasteiger partial charge < -0.3 is 10.6 Å². The highest BCUT2D eigenvalue weighted by Gasteiger charge is 2.09. The third kappa shape index (κ3) is 3.76. The number of benzene rings is 2. The molecule has 21 heavy (non-hydrogen) atoms. The highest BCUT2D eigenvalue weighted by Crippen LogP contribution is 2.22. The number of hydrogen-bond donors (Lipinski definition) is 2. The molecule has 0 bridgehead atoms. The van der Waals surface area contributed by atoms with Gasteiger partial charge in [-0.2, -0.15) is 0 Å². The molecule has 0 aromatic heterocycles. The van der Waals surface area contributed by atoms with Crippen LogP contribution in [0.3, 0.4) is 0 Å². The van der Waals surface area contributed by atoms with E-state index in [0.29, 0.717) is 10.6 Å². The summed E-state index contributed by atoms with van der Waals surface area (Å²) in [5, 5.41) is 6.77. The summed E-state index contributed by atoms with van der Waals surface area (Å²) in [7, 11) is 0. The largest absolute Gasteiger partial charge is 0.385 e. The predicted octanol–water partition coefficient (Wildman–Crippen LogP) is 4.64. The van der Waals surface area contributed by atoms with Crippen LogP contribution < -0.4 is 10.6 Å². The second-order valence-corrected chi connectivity index (χ2v) is 5.41. The molecule has 0 radical (unpaired) electrons. The quantitative estimate of drug-likeness (QED) is 0.863. The standard InChI is InChI=1S/C17H19ClN2O/c1-4-19-15-8-6-13(9-12(15)3)17(21)20-16-10-14(18)7-5-11(16)2/h5-10,19H,4H2,1-3H3,(H,20,21). The zero-order chi connectivity index (χ0) is 15.4. The summed E-state index contributed by atoms with van der Waals surface area (Å²) in [6.45, 7) is 6.82. The van der Waals surface area contributed by atoms with Crippen LogP contribution in [0.25, 0.3) is 0 Å². The molecule has 4 heteroatoms. The highest BCUT2D eigenvalue weighted by molar-refractivity contribution is 6.31. The second kappa shape index (κ2) is 6.64. The van der Waals surface area contributed by atoms with Crippen molar-refractivity contribution in [2.45, 2.75) is 20.8 Å². The summed E-state index contributed by atoms with van der Waals surface area (Å²) in [4.78, 5) is 12.3. The van der Waals surface area contributed by atoms with Crippen molar-refractivity contribution in [3.63, 3.8) is 0 Å². The van der Waals surface area contributed by atoms with Gasteiger partial charge in [-0.25, -0.2) is 0 Å². The molecule has 2 aromatic carbocycles. The van der Waals surface area contributed by atoms with E-state index in [9.17, 15) is 4.79 Å². The Morgan fingerprint density at radius 2 is 1.81 bits per heavy atom. The average molecular weight is 303 g/mol. The fourth-order valence-corrected chi connectivity index (χ4v) is 2.29. The van der Waals surface area contributed by atoms with Crippen LogP contribution in [-0.4, -0.2) is 12.5 Å². The first-order valence-corrected chi connectivity index (χ1v) is 7.31. The normalized spacial score (nSPS) is 10.3. The highest BCUT2D eigenvalue weighted by atomic mass is 35.5. The zero-order valence-electron chi connectivity index (χ0n) is 12.5. The van der Waals surface area contributed by atoms with Crippen molar-refractivity contribution in [3.8, 4) is 0 Å². The monoisotopic (exact) mass is 302 g/mol. The van der Waals surface area contributed by atoms with Crippen molar-refractivity contribution < 1.29 is 4.79 Å². The Hall–Kier alpha value is -2.00. The molecule has 0 saturated carbocycles. The lowest BCUT2D eigenvalue weighted by Gasteiger charge is -2.11. The van der Waals surface area contributed by atoms with Crippen molar-refractivity contribution in [2.75, 3.05) is 17.2 Å². The van der Waals surface area contributed by atoms with Gasteiger partial charge >= 0.3 is 0 Å². The van der Waals surface area contributed by atoms with Gasteiger partial charge in [-0.1, -0.05) is 17.7 Å². The lowest BCUT2D eigenvalue weighted by atomic mass is 10.1. The number of aryl methyl sites for hydroxylation is 2. The van der Waals surface area contributed by atoms with Crippen LogP contribution >= 0.6 is 11.6 Å². The van der Waals surface area contributed by atoms with Gasteiger partial charge in [-0.15, -0.1) is 0 Å². The molecule has 2 aromatic rings. The second-order valence-electron chi connectivity index (χ2n) is 4.97. The van der Waals surface area contributed by atoms with Gasteiger partial charge in [0.15, 0.2) is 0 Å². The fourth-order valence-electron chi connectivity index (χ4n) is 2.12. The van der Waals surface area contributed by atoms with Crippen molar-refractivity contribution in [1.82, 2.24) is 0 Å². The smallest absolute Gasteiger partial charge is 0.255 e. The Bertz CT molecular complexity index is 668. The fraction of sp³-hybridized carbons (Fsp3) is 0.235. The van der Waals surface area contributed by atoms with E-state index in [0.717, 1.165) is 29.0 Å². The van der Waals surface area contributed by atoms with Gasteiger partial charge in [0, 0.05) is 28.5 Å². The molecule has 0 unspecified atom stereocenters. The van der Waals surface area contributed by atoms with Crippen LogP contribution in [0.4, 0.5) is 11.4 Å². The molecular weight excluding hydrogens is 284 g/mol. The molecule has 1 amide bonds. The van der Waals surface area contributed by atoms with Gasteiger partial charge in [-0.3, -0.25) is 4.79 Å². The SMILES string of the molecule is CCNc1ccc(C(=O)Nc2cc(Cl)ccc2C)cc1C. The number of nitrogens with one attached hydrogen (secondary N) is 2. The number of carbonyl (C=O) groups excluding carboxylic acids is 1. The number of hydrogen-bond acceptors (Lipinski definition) is 2. The number of halogens is 1. The molecule has 0 aliphatic carbocycles. The Labute approximate surface area is 130 Å². The van der Waals surface area contributed by atoms with E-state index in [1.165, 1.54) is 0 Å². The van der Waals surface area contributed by atoms with Crippen LogP contribution in [0.15, 0.2) is 36.4 Å². The molecule has 110 valence electrons. The van der Waals surface area contributed by atoms with Crippen LogP contribution in [0, 0.1) is 13.8 Å². The zero-order valence-corrected chi connectivity index (χ0v) is 13.2. The van der Waals surface area contributed by atoms with E-state index in [4.69, 9.17) is 11.6 Å². The van der Waals surface area contributed by atoms with Gasteiger partial charge in [0.25, 0.3) is 5.91 Å². The topological polar surface area (TPSA) is 41.1 Å². The summed E-state index contributed by atoms with van der Waals surface area (Å²) in [5.74, 6) is -0.133. The Kier molecular flexibility index (Phi) is 4.86. The van der Waals surface area contributed by atoms with Crippen LogP contribution in [0.2, 0.25) is 5.02 Å². The first kappa shape index (κ1) is 15.4. The molecule has 0 fully saturated rings.